The van der Waals surface area contributed by atoms with Crippen molar-refractivity contribution in [2.24, 2.45) is 11.3 Å². The van der Waals surface area contributed by atoms with Crippen molar-refractivity contribution in [3.05, 3.63) is 0 Å². The maximum absolute atomic E-state index is 10.6. The summed E-state index contributed by atoms with van der Waals surface area (Å²) < 4.78 is 0. The first kappa shape index (κ1) is 9.56. The molecule has 0 radical (unpaired) electrons. The first-order valence-corrected chi connectivity index (χ1v) is 4.80. The van der Waals surface area contributed by atoms with Crippen LogP contribution in [0.4, 0.5) is 0 Å². The van der Waals surface area contributed by atoms with E-state index in [9.17, 15) is 4.79 Å². The maximum atomic E-state index is 10.6. The highest BCUT2D eigenvalue weighted by Crippen LogP contribution is 2.46. The molecule has 1 saturated carbocycles. The molecule has 2 unspecified atom stereocenters. The molecule has 0 saturated heterocycles. The van der Waals surface area contributed by atoms with Crippen molar-refractivity contribution in [3.8, 4) is 0 Å². The van der Waals surface area contributed by atoms with Crippen molar-refractivity contribution in [2.45, 2.75) is 46.0 Å². The van der Waals surface area contributed by atoms with E-state index in [4.69, 9.17) is 5.11 Å². The van der Waals surface area contributed by atoms with E-state index in [1.165, 1.54) is 12.8 Å². The summed E-state index contributed by atoms with van der Waals surface area (Å²) in [6.07, 6.45) is 5.01. The molecule has 0 aromatic rings. The Labute approximate surface area is 74.0 Å². The Bertz CT molecular complexity index is 177. The highest BCUT2D eigenvalue weighted by atomic mass is 16.4. The predicted octanol–water partition coefficient (Wildman–Crippen LogP) is 2.68. The second-order valence-electron chi connectivity index (χ2n) is 4.19. The van der Waals surface area contributed by atoms with Crippen molar-refractivity contribution in [1.29, 1.82) is 0 Å². The Morgan fingerprint density at radius 2 is 2.33 bits per heavy atom. The fourth-order valence-corrected chi connectivity index (χ4v) is 2.33. The molecule has 1 fully saturated rings. The van der Waals surface area contributed by atoms with Gasteiger partial charge in [0.15, 0.2) is 0 Å². The summed E-state index contributed by atoms with van der Waals surface area (Å²) in [6.45, 7) is 4.40. The molecule has 0 aromatic heterocycles. The van der Waals surface area contributed by atoms with Crippen LogP contribution in [0.1, 0.15) is 46.0 Å². The van der Waals surface area contributed by atoms with Gasteiger partial charge in [0.25, 0.3) is 0 Å². The molecular formula is C10H18O2. The third-order valence-corrected chi connectivity index (χ3v) is 3.51. The van der Waals surface area contributed by atoms with Crippen LogP contribution in [-0.4, -0.2) is 11.1 Å². The number of rotatable bonds is 3. The summed E-state index contributed by atoms with van der Waals surface area (Å²) in [4.78, 5) is 10.6. The molecule has 0 spiro atoms. The normalized spacial score (nSPS) is 35.3. The van der Waals surface area contributed by atoms with Gasteiger partial charge in [0.1, 0.15) is 0 Å². The highest BCUT2D eigenvalue weighted by Gasteiger charge is 2.37. The molecule has 0 bridgehead atoms. The number of carbonyl (C=O) groups is 1. The van der Waals surface area contributed by atoms with Gasteiger partial charge in [0.2, 0.25) is 0 Å². The summed E-state index contributed by atoms with van der Waals surface area (Å²) in [6, 6.07) is 0. The monoisotopic (exact) mass is 170 g/mol. The molecule has 2 atom stereocenters. The van der Waals surface area contributed by atoms with Crippen molar-refractivity contribution < 1.29 is 9.90 Å². The summed E-state index contributed by atoms with van der Waals surface area (Å²) in [7, 11) is 0. The van der Waals surface area contributed by atoms with Crippen molar-refractivity contribution in [2.75, 3.05) is 0 Å². The van der Waals surface area contributed by atoms with Crippen LogP contribution in [0, 0.1) is 11.3 Å². The third-order valence-electron chi connectivity index (χ3n) is 3.51. The molecule has 0 aromatic carbocycles. The van der Waals surface area contributed by atoms with Gasteiger partial charge < -0.3 is 5.11 Å². The van der Waals surface area contributed by atoms with Crippen LogP contribution in [0.15, 0.2) is 0 Å². The second-order valence-corrected chi connectivity index (χ2v) is 4.19. The lowest BCUT2D eigenvalue weighted by molar-refractivity contribution is -0.139. The molecule has 2 nitrogen and oxygen atoms in total. The summed E-state index contributed by atoms with van der Waals surface area (Å²) in [5, 5.41) is 8.70. The molecule has 2 heteroatoms. The van der Waals surface area contributed by atoms with Gasteiger partial charge in [-0.3, -0.25) is 4.79 Å². The van der Waals surface area contributed by atoms with Crippen LogP contribution in [0.3, 0.4) is 0 Å². The SMILES string of the molecule is CCC1(C)CCCC1CC(=O)O. The van der Waals surface area contributed by atoms with E-state index in [1.807, 2.05) is 0 Å². The molecule has 70 valence electrons. The van der Waals surface area contributed by atoms with Gasteiger partial charge >= 0.3 is 5.97 Å². The molecule has 0 amide bonds. The van der Waals surface area contributed by atoms with Gasteiger partial charge in [-0.05, 0) is 24.2 Å². The first-order valence-electron chi connectivity index (χ1n) is 4.80. The van der Waals surface area contributed by atoms with Crippen LogP contribution >= 0.6 is 0 Å². The van der Waals surface area contributed by atoms with E-state index in [0.717, 1.165) is 12.8 Å². The lowest BCUT2D eigenvalue weighted by Crippen LogP contribution is -2.23. The second kappa shape index (κ2) is 3.46. The average Bonchev–Trinajstić information content (AvgIpc) is 2.33. The van der Waals surface area contributed by atoms with Gasteiger partial charge in [0.05, 0.1) is 0 Å². The molecule has 0 heterocycles. The van der Waals surface area contributed by atoms with Crippen LogP contribution in [0.25, 0.3) is 0 Å². The van der Waals surface area contributed by atoms with Crippen molar-refractivity contribution >= 4 is 5.97 Å². The Morgan fingerprint density at radius 1 is 1.67 bits per heavy atom. The van der Waals surface area contributed by atoms with Crippen LogP contribution in [0.2, 0.25) is 0 Å². The lowest BCUT2D eigenvalue weighted by atomic mass is 9.76. The predicted molar refractivity (Wildman–Crippen MR) is 48.0 cm³/mol. The van der Waals surface area contributed by atoms with Crippen LogP contribution in [0.5, 0.6) is 0 Å². The number of hydrogen-bond donors (Lipinski definition) is 1. The van der Waals surface area contributed by atoms with E-state index < -0.39 is 5.97 Å². The number of aliphatic carboxylic acids is 1. The van der Waals surface area contributed by atoms with Gasteiger partial charge in [-0.25, -0.2) is 0 Å². The molecule has 1 aliphatic carbocycles. The Hall–Kier alpha value is -0.530. The minimum Gasteiger partial charge on any atom is -0.481 e. The van der Waals surface area contributed by atoms with E-state index in [2.05, 4.69) is 13.8 Å². The zero-order valence-electron chi connectivity index (χ0n) is 7.97. The Morgan fingerprint density at radius 3 is 2.83 bits per heavy atom. The summed E-state index contributed by atoms with van der Waals surface area (Å²) >= 11 is 0. The largest absolute Gasteiger partial charge is 0.481 e. The quantitative estimate of drug-likeness (QED) is 0.707. The van der Waals surface area contributed by atoms with Gasteiger partial charge in [-0.1, -0.05) is 26.7 Å². The van der Waals surface area contributed by atoms with E-state index in [-0.39, 0.29) is 0 Å². The van der Waals surface area contributed by atoms with Crippen LogP contribution in [-0.2, 0) is 4.79 Å². The highest BCUT2D eigenvalue weighted by molar-refractivity contribution is 5.67. The minimum atomic E-state index is -0.637. The molecule has 0 aliphatic heterocycles. The number of hydrogen-bond acceptors (Lipinski definition) is 1. The Balaban J connectivity index is 2.57. The standard InChI is InChI=1S/C10H18O2/c1-3-10(2)6-4-5-8(10)7-9(11)12/h8H,3-7H2,1-2H3,(H,11,12). The van der Waals surface area contributed by atoms with Gasteiger partial charge in [0, 0.05) is 6.42 Å². The third kappa shape index (κ3) is 1.79. The zero-order valence-corrected chi connectivity index (χ0v) is 7.97. The Kier molecular flexibility index (Phi) is 2.76. The average molecular weight is 170 g/mol. The van der Waals surface area contributed by atoms with E-state index in [1.54, 1.807) is 0 Å². The molecule has 12 heavy (non-hydrogen) atoms. The van der Waals surface area contributed by atoms with Crippen molar-refractivity contribution in [3.63, 3.8) is 0 Å². The number of carboxylic acid groups (broad SMARTS) is 1. The first-order chi connectivity index (χ1) is 5.58. The fourth-order valence-electron chi connectivity index (χ4n) is 2.33. The molecule has 1 aliphatic rings. The van der Waals surface area contributed by atoms with Crippen LogP contribution < -0.4 is 0 Å². The minimum absolute atomic E-state index is 0.304. The smallest absolute Gasteiger partial charge is 0.303 e. The molecular weight excluding hydrogens is 152 g/mol. The topological polar surface area (TPSA) is 37.3 Å². The maximum Gasteiger partial charge on any atom is 0.303 e. The van der Waals surface area contributed by atoms with E-state index >= 15 is 0 Å². The lowest BCUT2D eigenvalue weighted by Gasteiger charge is -2.29. The number of carboxylic acids is 1. The summed E-state index contributed by atoms with van der Waals surface area (Å²) in [5.41, 5.74) is 0.304. The molecule has 1 N–H and O–H groups in total. The van der Waals surface area contributed by atoms with E-state index in [0.29, 0.717) is 17.8 Å². The fraction of sp³-hybridized carbons (Fsp3) is 0.900. The molecule has 1 rings (SSSR count). The summed E-state index contributed by atoms with van der Waals surface area (Å²) in [5.74, 6) is -0.221. The van der Waals surface area contributed by atoms with Gasteiger partial charge in [-0.2, -0.15) is 0 Å². The zero-order chi connectivity index (χ0) is 9.19. The van der Waals surface area contributed by atoms with Gasteiger partial charge in [-0.15, -0.1) is 0 Å². The van der Waals surface area contributed by atoms with Crippen molar-refractivity contribution in [1.82, 2.24) is 0 Å².